The summed E-state index contributed by atoms with van der Waals surface area (Å²) in [4.78, 5) is 12.6. The molecule has 0 aliphatic carbocycles. The summed E-state index contributed by atoms with van der Waals surface area (Å²) in [5, 5.41) is 9.32. The highest BCUT2D eigenvalue weighted by Gasteiger charge is 2.20. The smallest absolute Gasteiger partial charge is 0.179 e. The van der Waals surface area contributed by atoms with Gasteiger partial charge in [-0.2, -0.15) is 0 Å². The number of aryl methyl sites for hydroxylation is 2. The van der Waals surface area contributed by atoms with Gasteiger partial charge in [0.15, 0.2) is 5.78 Å². The van der Waals surface area contributed by atoms with E-state index in [0.29, 0.717) is 12.8 Å². The number of aliphatic hydroxyl groups excluding tert-OH is 1. The number of aromatic nitrogens is 1. The molecule has 0 radical (unpaired) electrons. The van der Waals surface area contributed by atoms with Crippen molar-refractivity contribution in [1.82, 2.24) is 4.57 Å². The molecule has 4 nitrogen and oxygen atoms in total. The molecular weight excluding hydrogens is 324 g/mol. The van der Waals surface area contributed by atoms with Gasteiger partial charge in [0.05, 0.1) is 12.3 Å². The Kier molecular flexibility index (Phi) is 7.18. The molecule has 142 valence electrons. The van der Waals surface area contributed by atoms with Crippen LogP contribution in [0.1, 0.15) is 59.9 Å². The third-order valence-electron chi connectivity index (χ3n) is 5.12. The zero-order valence-corrected chi connectivity index (χ0v) is 16.3. The molecule has 1 aromatic carbocycles. The molecule has 0 aliphatic rings. The summed E-state index contributed by atoms with van der Waals surface area (Å²) in [6.45, 7) is 3.85. The maximum Gasteiger partial charge on any atom is 0.179 e. The highest BCUT2D eigenvalue weighted by molar-refractivity contribution is 5.95. The van der Waals surface area contributed by atoms with E-state index in [1.807, 2.05) is 37.6 Å². The van der Waals surface area contributed by atoms with Gasteiger partial charge in [-0.05, 0) is 63.1 Å². The summed E-state index contributed by atoms with van der Waals surface area (Å²) in [5.74, 6) is 0.201. The first-order valence-electron chi connectivity index (χ1n) is 9.46. The predicted octanol–water partition coefficient (Wildman–Crippen LogP) is 3.57. The maximum atomic E-state index is 12.6. The molecular formula is C22H32N2O2. The average molecular weight is 357 g/mol. The van der Waals surface area contributed by atoms with Crippen LogP contribution in [-0.4, -0.2) is 27.6 Å². The Labute approximate surface area is 157 Å². The molecule has 0 spiro atoms. The van der Waals surface area contributed by atoms with E-state index in [4.69, 9.17) is 5.73 Å². The Morgan fingerprint density at radius 3 is 2.54 bits per heavy atom. The standard InChI is InChI=1S/C22H32N2O2/c1-17-15-20(24(3)19(17)13-14-22(2,23)16-25)21(26)12-8-7-11-18-9-5-4-6-10-18/h4-6,9-10,15,25H,7-8,11-14,16,23H2,1-3H3. The number of Topliss-reactive ketones (excluding diaryl/α,β-unsaturated/α-hetero) is 1. The third-order valence-corrected chi connectivity index (χ3v) is 5.12. The first-order valence-corrected chi connectivity index (χ1v) is 9.46. The van der Waals surface area contributed by atoms with Gasteiger partial charge in [-0.3, -0.25) is 4.79 Å². The van der Waals surface area contributed by atoms with Crippen molar-refractivity contribution < 1.29 is 9.90 Å². The molecule has 0 amide bonds. The molecule has 4 heteroatoms. The molecule has 3 N–H and O–H groups in total. The van der Waals surface area contributed by atoms with Crippen LogP contribution in [0.25, 0.3) is 0 Å². The number of hydrogen-bond acceptors (Lipinski definition) is 3. The number of carbonyl (C=O) groups is 1. The Morgan fingerprint density at radius 2 is 1.88 bits per heavy atom. The van der Waals surface area contributed by atoms with Crippen molar-refractivity contribution in [2.75, 3.05) is 6.61 Å². The van der Waals surface area contributed by atoms with E-state index in [-0.39, 0.29) is 12.4 Å². The number of ketones is 1. The molecule has 26 heavy (non-hydrogen) atoms. The van der Waals surface area contributed by atoms with Crippen molar-refractivity contribution in [3.8, 4) is 0 Å². The molecule has 1 unspecified atom stereocenters. The van der Waals surface area contributed by atoms with Crippen LogP contribution >= 0.6 is 0 Å². The van der Waals surface area contributed by atoms with E-state index in [1.165, 1.54) is 5.56 Å². The predicted molar refractivity (Wildman–Crippen MR) is 106 cm³/mol. The molecule has 1 heterocycles. The lowest BCUT2D eigenvalue weighted by atomic mass is 9.96. The Hall–Kier alpha value is -1.91. The summed E-state index contributed by atoms with van der Waals surface area (Å²) >= 11 is 0. The molecule has 0 bridgehead atoms. The number of rotatable bonds is 10. The molecule has 0 saturated heterocycles. The van der Waals surface area contributed by atoms with Crippen molar-refractivity contribution in [2.45, 2.75) is 57.9 Å². The summed E-state index contributed by atoms with van der Waals surface area (Å²) in [5.41, 5.74) is 9.80. The molecule has 2 aromatic rings. The number of carbonyl (C=O) groups excluding carboxylic acids is 1. The minimum atomic E-state index is -0.585. The Morgan fingerprint density at radius 1 is 1.19 bits per heavy atom. The van der Waals surface area contributed by atoms with Crippen LogP contribution < -0.4 is 5.73 Å². The first-order chi connectivity index (χ1) is 12.3. The SMILES string of the molecule is Cc1cc(C(=O)CCCCc2ccccc2)n(C)c1CCC(C)(N)CO. The quantitative estimate of drug-likeness (QED) is 0.505. The fourth-order valence-corrected chi connectivity index (χ4v) is 3.30. The second-order valence-corrected chi connectivity index (χ2v) is 7.65. The van der Waals surface area contributed by atoms with Crippen LogP contribution in [0.5, 0.6) is 0 Å². The lowest BCUT2D eigenvalue weighted by Gasteiger charge is -2.22. The Balaban J connectivity index is 1.89. The number of benzene rings is 1. The highest BCUT2D eigenvalue weighted by Crippen LogP contribution is 2.20. The number of nitrogens with two attached hydrogens (primary N) is 1. The lowest BCUT2D eigenvalue weighted by molar-refractivity contribution is 0.0971. The topological polar surface area (TPSA) is 68.2 Å². The van der Waals surface area contributed by atoms with Gasteiger partial charge in [0.1, 0.15) is 0 Å². The normalized spacial score (nSPS) is 13.6. The van der Waals surface area contributed by atoms with Crippen molar-refractivity contribution in [1.29, 1.82) is 0 Å². The van der Waals surface area contributed by atoms with Crippen molar-refractivity contribution in [3.63, 3.8) is 0 Å². The average Bonchev–Trinajstić information content (AvgIpc) is 2.92. The molecule has 1 atom stereocenters. The molecule has 2 rings (SSSR count). The largest absolute Gasteiger partial charge is 0.394 e. The highest BCUT2D eigenvalue weighted by atomic mass is 16.3. The maximum absolute atomic E-state index is 12.6. The van der Waals surface area contributed by atoms with E-state index >= 15 is 0 Å². The van der Waals surface area contributed by atoms with Crippen molar-refractivity contribution in [3.05, 3.63) is 58.9 Å². The zero-order valence-electron chi connectivity index (χ0n) is 16.3. The van der Waals surface area contributed by atoms with Crippen molar-refractivity contribution >= 4 is 5.78 Å². The fraction of sp³-hybridized carbons (Fsp3) is 0.500. The number of hydrogen-bond donors (Lipinski definition) is 2. The van der Waals surface area contributed by atoms with Gasteiger partial charge in [0.25, 0.3) is 0 Å². The van der Waals surface area contributed by atoms with E-state index in [1.54, 1.807) is 0 Å². The van der Waals surface area contributed by atoms with Gasteiger partial charge in [-0.15, -0.1) is 0 Å². The van der Waals surface area contributed by atoms with Crippen molar-refractivity contribution in [2.24, 2.45) is 12.8 Å². The van der Waals surface area contributed by atoms with Gasteiger partial charge < -0.3 is 15.4 Å². The second-order valence-electron chi connectivity index (χ2n) is 7.65. The molecule has 0 fully saturated rings. The first kappa shape index (κ1) is 20.4. The van der Waals surface area contributed by atoms with Gasteiger partial charge in [0, 0.05) is 24.7 Å². The molecule has 0 saturated carbocycles. The van der Waals surface area contributed by atoms with E-state index in [0.717, 1.165) is 42.6 Å². The summed E-state index contributed by atoms with van der Waals surface area (Å²) < 4.78 is 2.00. The zero-order chi connectivity index (χ0) is 19.2. The van der Waals surface area contributed by atoms with E-state index < -0.39 is 5.54 Å². The van der Waals surface area contributed by atoms with Crippen LogP contribution in [-0.2, 0) is 19.9 Å². The van der Waals surface area contributed by atoms with Gasteiger partial charge >= 0.3 is 0 Å². The van der Waals surface area contributed by atoms with E-state index in [9.17, 15) is 9.90 Å². The monoisotopic (exact) mass is 356 g/mol. The van der Waals surface area contributed by atoms with Crippen LogP contribution in [0.4, 0.5) is 0 Å². The lowest BCUT2D eigenvalue weighted by Crippen LogP contribution is -2.40. The Bertz CT molecular complexity index is 717. The van der Waals surface area contributed by atoms with Crippen LogP contribution in [0.15, 0.2) is 36.4 Å². The molecule has 0 aliphatic heterocycles. The minimum absolute atomic E-state index is 0.0380. The fourth-order valence-electron chi connectivity index (χ4n) is 3.30. The van der Waals surface area contributed by atoms with Crippen LogP contribution in [0.2, 0.25) is 0 Å². The number of unbranched alkanes of at least 4 members (excludes halogenated alkanes) is 1. The van der Waals surface area contributed by atoms with E-state index in [2.05, 4.69) is 24.3 Å². The second kappa shape index (κ2) is 9.15. The number of aliphatic hydroxyl groups is 1. The summed E-state index contributed by atoms with van der Waals surface area (Å²) in [7, 11) is 1.95. The van der Waals surface area contributed by atoms with Gasteiger partial charge in [0.2, 0.25) is 0 Å². The van der Waals surface area contributed by atoms with Crippen LogP contribution in [0, 0.1) is 6.92 Å². The number of nitrogens with zero attached hydrogens (tertiary/aromatic N) is 1. The van der Waals surface area contributed by atoms with Gasteiger partial charge in [-0.25, -0.2) is 0 Å². The molecule has 1 aromatic heterocycles. The summed E-state index contributed by atoms with van der Waals surface area (Å²) in [6, 6.07) is 12.4. The van der Waals surface area contributed by atoms with Gasteiger partial charge in [-0.1, -0.05) is 30.3 Å². The minimum Gasteiger partial charge on any atom is -0.394 e. The summed E-state index contributed by atoms with van der Waals surface area (Å²) in [6.07, 6.45) is 4.97. The van der Waals surface area contributed by atoms with Crippen LogP contribution in [0.3, 0.4) is 0 Å². The third kappa shape index (κ3) is 5.55.